The number of rotatable bonds is 4. The van der Waals surface area contributed by atoms with Crippen LogP contribution in [0, 0.1) is 0 Å². The Morgan fingerprint density at radius 3 is 2.60 bits per heavy atom. The topological polar surface area (TPSA) is 102 Å². The van der Waals surface area contributed by atoms with E-state index in [1.165, 1.54) is 11.6 Å². The second kappa shape index (κ2) is 5.23. The number of aromatic amines is 1. The zero-order valence-corrected chi connectivity index (χ0v) is 12.6. The Bertz CT molecular complexity index is 788. The summed E-state index contributed by atoms with van der Waals surface area (Å²) < 4.78 is 13.5. The summed E-state index contributed by atoms with van der Waals surface area (Å²) in [6.07, 6.45) is 1.62. The van der Waals surface area contributed by atoms with Crippen LogP contribution in [0.25, 0.3) is 11.2 Å². The molecule has 0 spiro atoms. The van der Waals surface area contributed by atoms with Crippen molar-refractivity contribution in [1.29, 1.82) is 0 Å². The third-order valence-corrected chi connectivity index (χ3v) is 3.93. The van der Waals surface area contributed by atoms with Crippen molar-refractivity contribution >= 4 is 27.9 Å². The van der Waals surface area contributed by atoms with Gasteiger partial charge in [-0.25, -0.2) is 4.79 Å². The standard InChI is InChI=1S/C11H17N5O3S/c1-6(5-20(4)19)12-10-13-7-8(14-10)15(2)11(18)16(3)9(7)17/h6H,5H2,1-4H3,(H2,12,13,14). The van der Waals surface area contributed by atoms with Crippen LogP contribution >= 0.6 is 0 Å². The highest BCUT2D eigenvalue weighted by Gasteiger charge is 2.14. The molecule has 0 aliphatic carbocycles. The monoisotopic (exact) mass is 299 g/mol. The van der Waals surface area contributed by atoms with Crippen LogP contribution in [0.1, 0.15) is 6.92 Å². The fourth-order valence-corrected chi connectivity index (χ4v) is 2.81. The summed E-state index contributed by atoms with van der Waals surface area (Å²) in [5.41, 5.74) is -0.286. The minimum absolute atomic E-state index is 0.0673. The Kier molecular flexibility index (Phi) is 3.80. The Morgan fingerprint density at radius 2 is 2.00 bits per heavy atom. The summed E-state index contributed by atoms with van der Waals surface area (Å²) in [6, 6.07) is -0.0673. The average molecular weight is 299 g/mol. The quantitative estimate of drug-likeness (QED) is 0.765. The summed E-state index contributed by atoms with van der Waals surface area (Å²) in [5, 5.41) is 3.03. The summed E-state index contributed by atoms with van der Waals surface area (Å²) in [6.45, 7) is 1.87. The third kappa shape index (κ3) is 2.53. The molecule has 0 amide bonds. The lowest BCUT2D eigenvalue weighted by Crippen LogP contribution is -2.36. The van der Waals surface area contributed by atoms with Crippen molar-refractivity contribution in [1.82, 2.24) is 19.1 Å². The van der Waals surface area contributed by atoms with Crippen LogP contribution < -0.4 is 16.6 Å². The number of nitrogens with one attached hydrogen (secondary N) is 2. The summed E-state index contributed by atoms with van der Waals surface area (Å²) in [4.78, 5) is 30.8. The molecule has 2 heterocycles. The first-order valence-corrected chi connectivity index (χ1v) is 7.76. The largest absolute Gasteiger partial charge is 0.352 e. The lowest BCUT2D eigenvalue weighted by molar-refractivity contribution is 0.682. The Morgan fingerprint density at radius 1 is 1.35 bits per heavy atom. The number of fused-ring (bicyclic) bond motifs is 1. The number of aromatic nitrogens is 4. The molecular weight excluding hydrogens is 282 g/mol. The van der Waals surface area contributed by atoms with E-state index in [-0.39, 0.29) is 11.6 Å². The van der Waals surface area contributed by atoms with E-state index in [9.17, 15) is 13.8 Å². The van der Waals surface area contributed by atoms with Gasteiger partial charge >= 0.3 is 5.69 Å². The van der Waals surface area contributed by atoms with Gasteiger partial charge in [-0.3, -0.25) is 18.1 Å². The van der Waals surface area contributed by atoms with Crippen LogP contribution in [0.3, 0.4) is 0 Å². The van der Waals surface area contributed by atoms with Crippen LogP contribution in [-0.2, 0) is 24.9 Å². The van der Waals surface area contributed by atoms with Gasteiger partial charge in [0.25, 0.3) is 5.56 Å². The molecule has 9 heteroatoms. The lowest BCUT2D eigenvalue weighted by atomic mass is 10.4. The van der Waals surface area contributed by atoms with Gasteiger partial charge in [0.2, 0.25) is 5.95 Å². The van der Waals surface area contributed by atoms with Gasteiger partial charge in [0.1, 0.15) is 0 Å². The van der Waals surface area contributed by atoms with Crippen molar-refractivity contribution in [2.75, 3.05) is 17.3 Å². The Hall–Kier alpha value is -1.90. The second-order valence-corrected chi connectivity index (χ2v) is 6.25. The Labute approximate surface area is 117 Å². The first kappa shape index (κ1) is 14.5. The number of hydrogen-bond donors (Lipinski definition) is 2. The van der Waals surface area contributed by atoms with Crippen LogP contribution in [0.2, 0.25) is 0 Å². The molecule has 2 aromatic heterocycles. The first-order chi connectivity index (χ1) is 9.31. The van der Waals surface area contributed by atoms with Gasteiger partial charge in [0, 0.05) is 42.9 Å². The fourth-order valence-electron chi connectivity index (χ4n) is 2.02. The number of anilines is 1. The van der Waals surface area contributed by atoms with E-state index in [4.69, 9.17) is 0 Å². The van der Waals surface area contributed by atoms with Crippen LogP contribution in [0.5, 0.6) is 0 Å². The maximum Gasteiger partial charge on any atom is 0.332 e. The van der Waals surface area contributed by atoms with Gasteiger partial charge in [-0.2, -0.15) is 4.98 Å². The molecular formula is C11H17N5O3S. The molecule has 0 radical (unpaired) electrons. The highest BCUT2D eigenvalue weighted by molar-refractivity contribution is 7.84. The smallest absolute Gasteiger partial charge is 0.332 e. The van der Waals surface area contributed by atoms with Gasteiger partial charge in [-0.15, -0.1) is 0 Å². The molecule has 110 valence electrons. The van der Waals surface area contributed by atoms with Crippen LogP contribution in [-0.4, -0.2) is 41.4 Å². The number of hydrogen-bond acceptors (Lipinski definition) is 5. The molecule has 0 aliphatic rings. The molecule has 0 fully saturated rings. The normalized spacial score (nSPS) is 14.4. The van der Waals surface area contributed by atoms with Crippen molar-refractivity contribution in [3.8, 4) is 0 Å². The van der Waals surface area contributed by atoms with E-state index in [0.717, 1.165) is 4.57 Å². The predicted octanol–water partition coefficient (Wildman–Crippen LogP) is -0.861. The summed E-state index contributed by atoms with van der Waals surface area (Å²) in [7, 11) is 2.04. The van der Waals surface area contributed by atoms with Crippen molar-refractivity contribution in [2.24, 2.45) is 14.1 Å². The highest BCUT2D eigenvalue weighted by atomic mass is 32.2. The predicted molar refractivity (Wildman–Crippen MR) is 78.6 cm³/mol. The molecule has 2 aromatic rings. The summed E-state index contributed by atoms with van der Waals surface area (Å²) >= 11 is 0. The number of aryl methyl sites for hydroxylation is 1. The van der Waals surface area contributed by atoms with E-state index in [2.05, 4.69) is 15.3 Å². The summed E-state index contributed by atoms with van der Waals surface area (Å²) in [5.74, 6) is 0.852. The molecule has 20 heavy (non-hydrogen) atoms. The van der Waals surface area contributed by atoms with Crippen LogP contribution in [0.15, 0.2) is 9.59 Å². The zero-order chi connectivity index (χ0) is 15.0. The molecule has 2 rings (SSSR count). The second-order valence-electron chi connectivity index (χ2n) is 4.78. The number of nitrogens with zero attached hydrogens (tertiary/aromatic N) is 3. The van der Waals surface area contributed by atoms with Crippen molar-refractivity contribution in [3.63, 3.8) is 0 Å². The van der Waals surface area contributed by atoms with Crippen molar-refractivity contribution in [3.05, 3.63) is 20.8 Å². The molecule has 2 N–H and O–H groups in total. The van der Waals surface area contributed by atoms with Gasteiger partial charge in [0.05, 0.1) is 0 Å². The van der Waals surface area contributed by atoms with E-state index < -0.39 is 22.0 Å². The van der Waals surface area contributed by atoms with E-state index >= 15 is 0 Å². The molecule has 0 bridgehead atoms. The lowest BCUT2D eigenvalue weighted by Gasteiger charge is -2.10. The number of imidazole rings is 1. The van der Waals surface area contributed by atoms with Gasteiger partial charge in [-0.05, 0) is 6.92 Å². The molecule has 0 saturated heterocycles. The molecule has 8 nitrogen and oxygen atoms in total. The minimum Gasteiger partial charge on any atom is -0.352 e. The number of H-pyrrole nitrogens is 1. The van der Waals surface area contributed by atoms with E-state index in [0.29, 0.717) is 17.3 Å². The van der Waals surface area contributed by atoms with Crippen LogP contribution in [0.4, 0.5) is 5.95 Å². The van der Waals surface area contributed by atoms with Crippen molar-refractivity contribution < 1.29 is 4.21 Å². The minimum atomic E-state index is -0.928. The van der Waals surface area contributed by atoms with Gasteiger partial charge in [0.15, 0.2) is 11.2 Å². The Balaban J connectivity index is 2.47. The highest BCUT2D eigenvalue weighted by Crippen LogP contribution is 2.09. The van der Waals surface area contributed by atoms with Crippen molar-refractivity contribution in [2.45, 2.75) is 13.0 Å². The van der Waals surface area contributed by atoms with E-state index in [1.807, 2.05) is 6.92 Å². The molecule has 2 atom stereocenters. The molecule has 0 saturated carbocycles. The SMILES string of the molecule is CC(CS(C)=O)Nc1nc2c([nH]1)c(=O)n(C)c(=O)n2C. The van der Waals surface area contributed by atoms with Gasteiger partial charge < -0.3 is 10.3 Å². The van der Waals surface area contributed by atoms with Gasteiger partial charge in [-0.1, -0.05) is 0 Å². The van der Waals surface area contributed by atoms with E-state index in [1.54, 1.807) is 13.3 Å². The third-order valence-electron chi connectivity index (χ3n) is 2.96. The molecule has 2 unspecified atom stereocenters. The maximum atomic E-state index is 12.0. The molecule has 0 aliphatic heterocycles. The molecule has 0 aromatic carbocycles. The fraction of sp³-hybridized carbons (Fsp3) is 0.545. The average Bonchev–Trinajstić information content (AvgIpc) is 2.76. The first-order valence-electron chi connectivity index (χ1n) is 6.03. The zero-order valence-electron chi connectivity index (χ0n) is 11.8. The maximum absolute atomic E-state index is 12.0.